The van der Waals surface area contributed by atoms with E-state index in [0.29, 0.717) is 6.54 Å². The van der Waals surface area contributed by atoms with Gasteiger partial charge in [0, 0.05) is 39.0 Å². The first-order chi connectivity index (χ1) is 11.0. The van der Waals surface area contributed by atoms with E-state index in [2.05, 4.69) is 9.71 Å². The number of sulfonamides is 1. The third kappa shape index (κ3) is 5.15. The van der Waals surface area contributed by atoms with E-state index in [-0.39, 0.29) is 23.8 Å². The van der Waals surface area contributed by atoms with Gasteiger partial charge in [-0.05, 0) is 17.7 Å². The van der Waals surface area contributed by atoms with E-state index < -0.39 is 10.0 Å². The first kappa shape index (κ1) is 17.1. The molecule has 1 amide bonds. The van der Waals surface area contributed by atoms with Crippen molar-refractivity contribution in [3.8, 4) is 0 Å². The van der Waals surface area contributed by atoms with Crippen LogP contribution in [0.15, 0.2) is 59.8 Å². The molecule has 122 valence electrons. The molecule has 1 aromatic carbocycles. The summed E-state index contributed by atoms with van der Waals surface area (Å²) in [5.41, 5.74) is 1.03. The molecule has 1 N–H and O–H groups in total. The van der Waals surface area contributed by atoms with Gasteiger partial charge in [0.1, 0.15) is 4.90 Å². The molecule has 6 nitrogen and oxygen atoms in total. The van der Waals surface area contributed by atoms with Crippen molar-refractivity contribution in [1.29, 1.82) is 0 Å². The van der Waals surface area contributed by atoms with E-state index in [1.54, 1.807) is 18.0 Å². The molecule has 7 heteroatoms. The van der Waals surface area contributed by atoms with Crippen molar-refractivity contribution < 1.29 is 13.2 Å². The summed E-state index contributed by atoms with van der Waals surface area (Å²) in [5, 5.41) is 0. The third-order valence-corrected chi connectivity index (χ3v) is 4.71. The second kappa shape index (κ2) is 7.85. The van der Waals surface area contributed by atoms with Crippen LogP contribution in [0.4, 0.5) is 0 Å². The highest BCUT2D eigenvalue weighted by atomic mass is 32.2. The van der Waals surface area contributed by atoms with Crippen molar-refractivity contribution in [2.75, 3.05) is 13.6 Å². The summed E-state index contributed by atoms with van der Waals surface area (Å²) in [4.78, 5) is 17.5. The molecule has 0 aliphatic heterocycles. The molecule has 1 heterocycles. The highest BCUT2D eigenvalue weighted by Gasteiger charge is 2.15. The maximum absolute atomic E-state index is 12.0. The average molecular weight is 333 g/mol. The quantitative estimate of drug-likeness (QED) is 0.831. The summed E-state index contributed by atoms with van der Waals surface area (Å²) in [5.74, 6) is -0.122. The lowest BCUT2D eigenvalue weighted by Crippen LogP contribution is -2.32. The van der Waals surface area contributed by atoms with Gasteiger partial charge in [0.05, 0.1) is 0 Å². The lowest BCUT2D eigenvalue weighted by atomic mass is 10.2. The molecule has 0 atom stereocenters. The fourth-order valence-corrected chi connectivity index (χ4v) is 3.01. The Morgan fingerprint density at radius 1 is 1.17 bits per heavy atom. The van der Waals surface area contributed by atoms with Gasteiger partial charge in [-0.25, -0.2) is 13.1 Å². The van der Waals surface area contributed by atoms with Crippen LogP contribution in [0.2, 0.25) is 0 Å². The molecular formula is C16H19N3O3S. The summed E-state index contributed by atoms with van der Waals surface area (Å²) in [6, 6.07) is 12.6. The van der Waals surface area contributed by atoms with Crippen molar-refractivity contribution in [3.05, 3.63) is 60.4 Å². The lowest BCUT2D eigenvalue weighted by molar-refractivity contribution is -0.130. The molecule has 0 unspecified atom stereocenters. The molecule has 2 aromatic rings. The van der Waals surface area contributed by atoms with Crippen LogP contribution < -0.4 is 4.72 Å². The van der Waals surface area contributed by atoms with Gasteiger partial charge in [-0.15, -0.1) is 0 Å². The number of hydrogen-bond donors (Lipinski definition) is 1. The topological polar surface area (TPSA) is 79.4 Å². The van der Waals surface area contributed by atoms with Gasteiger partial charge in [0.25, 0.3) is 0 Å². The summed E-state index contributed by atoms with van der Waals surface area (Å²) in [7, 11) is -1.92. The van der Waals surface area contributed by atoms with Gasteiger partial charge < -0.3 is 4.90 Å². The van der Waals surface area contributed by atoms with Crippen LogP contribution in [-0.4, -0.2) is 37.8 Å². The van der Waals surface area contributed by atoms with Crippen molar-refractivity contribution in [2.45, 2.75) is 17.9 Å². The molecule has 1 aromatic heterocycles. The molecule has 0 aliphatic rings. The maximum atomic E-state index is 12.0. The van der Waals surface area contributed by atoms with E-state index in [1.165, 1.54) is 18.5 Å². The predicted molar refractivity (Wildman–Crippen MR) is 87.0 cm³/mol. The standard InChI is InChI=1S/C16H19N3O3S/c1-19(13-14-6-3-2-4-7-14)16(20)9-11-18-23(21,22)15-8-5-10-17-12-15/h2-8,10,12,18H,9,11,13H2,1H3. The average Bonchev–Trinajstić information content (AvgIpc) is 2.56. The largest absolute Gasteiger partial charge is 0.341 e. The zero-order valence-electron chi connectivity index (χ0n) is 12.8. The molecule has 0 saturated carbocycles. The lowest BCUT2D eigenvalue weighted by Gasteiger charge is -2.17. The zero-order valence-corrected chi connectivity index (χ0v) is 13.7. The summed E-state index contributed by atoms with van der Waals surface area (Å²) < 4.78 is 26.4. The Labute approximate surface area is 136 Å². The Bertz CT molecular complexity index is 734. The van der Waals surface area contributed by atoms with Gasteiger partial charge >= 0.3 is 0 Å². The smallest absolute Gasteiger partial charge is 0.242 e. The molecule has 0 saturated heterocycles. The van der Waals surface area contributed by atoms with Gasteiger partial charge in [0.15, 0.2) is 0 Å². The normalized spacial score (nSPS) is 11.2. The van der Waals surface area contributed by atoms with Crippen LogP contribution >= 0.6 is 0 Å². The molecule has 0 bridgehead atoms. The second-order valence-electron chi connectivity index (χ2n) is 5.07. The number of benzene rings is 1. The summed E-state index contributed by atoms with van der Waals surface area (Å²) >= 11 is 0. The minimum Gasteiger partial charge on any atom is -0.341 e. The van der Waals surface area contributed by atoms with Gasteiger partial charge in [-0.2, -0.15) is 0 Å². The number of carbonyl (C=O) groups excluding carboxylic acids is 1. The highest BCUT2D eigenvalue weighted by molar-refractivity contribution is 7.89. The number of hydrogen-bond acceptors (Lipinski definition) is 4. The summed E-state index contributed by atoms with van der Waals surface area (Å²) in [6.45, 7) is 0.546. The molecule has 0 aliphatic carbocycles. The van der Waals surface area contributed by atoms with E-state index in [4.69, 9.17) is 0 Å². The molecule has 23 heavy (non-hydrogen) atoms. The van der Waals surface area contributed by atoms with Gasteiger partial charge in [0.2, 0.25) is 15.9 Å². The number of amides is 1. The Morgan fingerprint density at radius 2 is 1.91 bits per heavy atom. The van der Waals surface area contributed by atoms with Crippen LogP contribution in [0.25, 0.3) is 0 Å². The fourth-order valence-electron chi connectivity index (χ4n) is 2.02. The molecule has 2 rings (SSSR count). The van der Waals surface area contributed by atoms with Crippen LogP contribution in [0.3, 0.4) is 0 Å². The van der Waals surface area contributed by atoms with Gasteiger partial charge in [-0.1, -0.05) is 30.3 Å². The van der Waals surface area contributed by atoms with Crippen molar-refractivity contribution in [2.24, 2.45) is 0 Å². The monoisotopic (exact) mass is 333 g/mol. The van der Waals surface area contributed by atoms with Gasteiger partial charge in [-0.3, -0.25) is 9.78 Å². The van der Waals surface area contributed by atoms with E-state index in [9.17, 15) is 13.2 Å². The van der Waals surface area contributed by atoms with Crippen molar-refractivity contribution in [1.82, 2.24) is 14.6 Å². The highest BCUT2D eigenvalue weighted by Crippen LogP contribution is 2.06. The fraction of sp³-hybridized carbons (Fsp3) is 0.250. The molecule has 0 spiro atoms. The first-order valence-corrected chi connectivity index (χ1v) is 8.65. The number of carbonyl (C=O) groups is 1. The van der Waals surface area contributed by atoms with Crippen LogP contribution in [0, 0.1) is 0 Å². The number of aromatic nitrogens is 1. The summed E-state index contributed by atoms with van der Waals surface area (Å²) in [6.07, 6.45) is 2.87. The minimum atomic E-state index is -3.62. The Kier molecular flexibility index (Phi) is 5.84. The van der Waals surface area contributed by atoms with E-state index in [0.717, 1.165) is 5.56 Å². The third-order valence-electron chi connectivity index (χ3n) is 3.26. The minimum absolute atomic E-state index is 0.0508. The van der Waals surface area contributed by atoms with Crippen LogP contribution in [-0.2, 0) is 21.4 Å². The Morgan fingerprint density at radius 3 is 2.57 bits per heavy atom. The van der Waals surface area contributed by atoms with E-state index in [1.807, 2.05) is 30.3 Å². The number of nitrogens with one attached hydrogen (secondary N) is 1. The van der Waals surface area contributed by atoms with Crippen LogP contribution in [0.5, 0.6) is 0 Å². The van der Waals surface area contributed by atoms with Crippen molar-refractivity contribution in [3.63, 3.8) is 0 Å². The zero-order chi connectivity index (χ0) is 16.7. The van der Waals surface area contributed by atoms with E-state index >= 15 is 0 Å². The van der Waals surface area contributed by atoms with Crippen molar-refractivity contribution >= 4 is 15.9 Å². The Balaban J connectivity index is 1.83. The maximum Gasteiger partial charge on any atom is 0.242 e. The number of pyridine rings is 1. The van der Waals surface area contributed by atoms with Crippen LogP contribution in [0.1, 0.15) is 12.0 Å². The first-order valence-electron chi connectivity index (χ1n) is 7.16. The SMILES string of the molecule is CN(Cc1ccccc1)C(=O)CCNS(=O)(=O)c1cccnc1. The number of nitrogens with zero attached hydrogens (tertiary/aromatic N) is 2. The molecular weight excluding hydrogens is 314 g/mol. The predicted octanol–water partition coefficient (Wildman–Crippen LogP) is 1.41. The molecule has 0 radical (unpaired) electrons. The molecule has 0 fully saturated rings. The number of rotatable bonds is 7. The Hall–Kier alpha value is -2.25. The second-order valence-corrected chi connectivity index (χ2v) is 6.84.